The third-order valence-electron chi connectivity index (χ3n) is 2.61. The van der Waals surface area contributed by atoms with Crippen LogP contribution >= 0.6 is 11.8 Å². The normalized spacial score (nSPS) is 10.9. The van der Waals surface area contributed by atoms with Gasteiger partial charge < -0.3 is 5.11 Å². The van der Waals surface area contributed by atoms with E-state index in [1.807, 2.05) is 36.5 Å². The van der Waals surface area contributed by atoms with Crippen molar-refractivity contribution in [2.24, 2.45) is 0 Å². The first kappa shape index (κ1) is 11.3. The fourth-order valence-corrected chi connectivity index (χ4v) is 2.56. The molecule has 3 rings (SSSR count). The predicted octanol–water partition coefficient (Wildman–Crippen LogP) is 2.37. The molecule has 2 heterocycles. The van der Waals surface area contributed by atoms with Gasteiger partial charge in [0.05, 0.1) is 18.3 Å². The van der Waals surface area contributed by atoms with Crippen LogP contribution in [0, 0.1) is 0 Å². The Labute approximate surface area is 108 Å². The maximum Gasteiger partial charge on any atom is 0.127 e. The number of aromatic nitrogens is 3. The van der Waals surface area contributed by atoms with Crippen LogP contribution < -0.4 is 0 Å². The van der Waals surface area contributed by atoms with Crippen LogP contribution in [0.15, 0.2) is 58.8 Å². The van der Waals surface area contributed by atoms with Gasteiger partial charge in [-0.2, -0.15) is 5.10 Å². The number of hydrogen-bond acceptors (Lipinski definition) is 4. The van der Waals surface area contributed by atoms with E-state index in [0.717, 1.165) is 21.0 Å². The summed E-state index contributed by atoms with van der Waals surface area (Å²) in [6.07, 6.45) is 5.33. The number of aliphatic hydroxyl groups is 1. The Kier molecular flexibility index (Phi) is 3.00. The lowest BCUT2D eigenvalue weighted by Crippen LogP contribution is -1.90. The summed E-state index contributed by atoms with van der Waals surface area (Å²) in [5.74, 6) is 0. The topological polar surface area (TPSA) is 50.4 Å². The summed E-state index contributed by atoms with van der Waals surface area (Å²) >= 11 is 1.59. The zero-order chi connectivity index (χ0) is 12.4. The van der Waals surface area contributed by atoms with Crippen LogP contribution in [-0.2, 0) is 6.61 Å². The lowest BCUT2D eigenvalue weighted by atomic mass is 10.2. The van der Waals surface area contributed by atoms with Crippen molar-refractivity contribution in [3.63, 3.8) is 0 Å². The van der Waals surface area contributed by atoms with E-state index in [9.17, 15) is 0 Å². The van der Waals surface area contributed by atoms with Gasteiger partial charge in [0.15, 0.2) is 0 Å². The van der Waals surface area contributed by atoms with Gasteiger partial charge in [-0.3, -0.25) is 0 Å². The maximum atomic E-state index is 9.00. The fraction of sp³-hybridized carbons (Fsp3) is 0.0769. The number of fused-ring (bicyclic) bond motifs is 1. The molecule has 0 aliphatic carbocycles. The van der Waals surface area contributed by atoms with E-state index >= 15 is 0 Å². The van der Waals surface area contributed by atoms with Crippen molar-refractivity contribution in [1.82, 2.24) is 14.6 Å². The first-order valence-corrected chi connectivity index (χ1v) is 6.34. The summed E-state index contributed by atoms with van der Waals surface area (Å²) < 4.78 is 1.80. The van der Waals surface area contributed by atoms with Crippen molar-refractivity contribution in [3.8, 4) is 0 Å². The van der Waals surface area contributed by atoms with Crippen LogP contribution in [0.1, 0.15) is 5.56 Å². The minimum Gasteiger partial charge on any atom is -0.392 e. The second kappa shape index (κ2) is 4.80. The molecule has 1 N–H and O–H groups in total. The summed E-state index contributed by atoms with van der Waals surface area (Å²) in [5, 5.41) is 14.1. The monoisotopic (exact) mass is 257 g/mol. The van der Waals surface area contributed by atoms with Gasteiger partial charge in [0.1, 0.15) is 5.03 Å². The molecule has 0 bridgehead atoms. The number of nitrogens with zero attached hydrogens (tertiary/aromatic N) is 3. The molecule has 3 aromatic rings. The SMILES string of the molecule is OCc1ccc(Sc2nccn3nccc23)cc1. The molecule has 4 nitrogen and oxygen atoms in total. The van der Waals surface area contributed by atoms with Gasteiger partial charge >= 0.3 is 0 Å². The van der Waals surface area contributed by atoms with Crippen molar-refractivity contribution in [2.45, 2.75) is 16.5 Å². The molecule has 0 aliphatic rings. The number of benzene rings is 1. The van der Waals surface area contributed by atoms with Gasteiger partial charge in [-0.25, -0.2) is 9.50 Å². The standard InChI is InChI=1S/C13H11N3OS/c17-9-10-1-3-11(4-2-10)18-13-12-5-6-15-16(12)8-7-14-13/h1-8,17H,9H2. The Morgan fingerprint density at radius 3 is 2.72 bits per heavy atom. The van der Waals surface area contributed by atoms with E-state index in [2.05, 4.69) is 10.1 Å². The summed E-state index contributed by atoms with van der Waals surface area (Å²) in [6, 6.07) is 9.74. The lowest BCUT2D eigenvalue weighted by molar-refractivity contribution is 0.282. The highest BCUT2D eigenvalue weighted by Crippen LogP contribution is 2.28. The van der Waals surface area contributed by atoms with Crippen LogP contribution in [0.2, 0.25) is 0 Å². The molecule has 90 valence electrons. The van der Waals surface area contributed by atoms with Crippen LogP contribution in [-0.4, -0.2) is 19.7 Å². The van der Waals surface area contributed by atoms with E-state index in [4.69, 9.17) is 5.11 Å². The van der Waals surface area contributed by atoms with E-state index < -0.39 is 0 Å². The molecule has 0 saturated carbocycles. The molecule has 1 aromatic carbocycles. The van der Waals surface area contributed by atoms with Crippen molar-refractivity contribution >= 4 is 17.3 Å². The van der Waals surface area contributed by atoms with Crippen LogP contribution in [0.3, 0.4) is 0 Å². The van der Waals surface area contributed by atoms with Crippen LogP contribution in [0.25, 0.3) is 5.52 Å². The van der Waals surface area contributed by atoms with Crippen molar-refractivity contribution in [1.29, 1.82) is 0 Å². The average molecular weight is 257 g/mol. The highest BCUT2D eigenvalue weighted by atomic mass is 32.2. The first-order valence-electron chi connectivity index (χ1n) is 5.53. The predicted molar refractivity (Wildman–Crippen MR) is 69.5 cm³/mol. The van der Waals surface area contributed by atoms with Crippen molar-refractivity contribution < 1.29 is 5.11 Å². The highest BCUT2D eigenvalue weighted by Gasteiger charge is 2.05. The quantitative estimate of drug-likeness (QED) is 0.782. The van der Waals surface area contributed by atoms with Crippen LogP contribution in [0.4, 0.5) is 0 Å². The summed E-state index contributed by atoms with van der Waals surface area (Å²) in [7, 11) is 0. The first-order chi connectivity index (χ1) is 8.86. The summed E-state index contributed by atoms with van der Waals surface area (Å²) in [4.78, 5) is 5.46. The number of rotatable bonds is 3. The Morgan fingerprint density at radius 2 is 1.94 bits per heavy atom. The van der Waals surface area contributed by atoms with Gasteiger partial charge in [-0.15, -0.1) is 0 Å². The molecule has 5 heteroatoms. The molecule has 18 heavy (non-hydrogen) atoms. The van der Waals surface area contributed by atoms with Gasteiger partial charge in [-0.05, 0) is 23.8 Å². The fourth-order valence-electron chi connectivity index (χ4n) is 1.69. The minimum atomic E-state index is 0.0708. The largest absolute Gasteiger partial charge is 0.392 e. The Bertz CT molecular complexity index is 663. The number of hydrogen-bond donors (Lipinski definition) is 1. The van der Waals surface area contributed by atoms with E-state index in [-0.39, 0.29) is 6.61 Å². The van der Waals surface area contributed by atoms with E-state index in [0.29, 0.717) is 0 Å². The van der Waals surface area contributed by atoms with Crippen molar-refractivity contribution in [3.05, 3.63) is 54.5 Å². The molecule has 2 aromatic heterocycles. The van der Waals surface area contributed by atoms with Gasteiger partial charge in [0.2, 0.25) is 0 Å². The maximum absolute atomic E-state index is 9.00. The molecule has 0 radical (unpaired) electrons. The molecular weight excluding hydrogens is 246 g/mol. The minimum absolute atomic E-state index is 0.0708. The summed E-state index contributed by atoms with van der Waals surface area (Å²) in [6.45, 7) is 0.0708. The summed E-state index contributed by atoms with van der Waals surface area (Å²) in [5.41, 5.74) is 1.91. The number of aliphatic hydroxyl groups excluding tert-OH is 1. The zero-order valence-electron chi connectivity index (χ0n) is 9.52. The zero-order valence-corrected chi connectivity index (χ0v) is 10.3. The molecule has 0 fully saturated rings. The smallest absolute Gasteiger partial charge is 0.127 e. The van der Waals surface area contributed by atoms with Gasteiger partial charge in [0, 0.05) is 17.3 Å². The van der Waals surface area contributed by atoms with E-state index in [1.54, 1.807) is 28.7 Å². The second-order valence-corrected chi connectivity index (χ2v) is 4.86. The molecule has 0 amide bonds. The third kappa shape index (κ3) is 2.10. The molecule has 0 unspecified atom stereocenters. The van der Waals surface area contributed by atoms with Crippen molar-refractivity contribution in [2.75, 3.05) is 0 Å². The van der Waals surface area contributed by atoms with E-state index in [1.165, 1.54) is 0 Å². The van der Waals surface area contributed by atoms with Gasteiger partial charge in [-0.1, -0.05) is 23.9 Å². The van der Waals surface area contributed by atoms with Gasteiger partial charge in [0.25, 0.3) is 0 Å². The lowest BCUT2D eigenvalue weighted by Gasteiger charge is -2.03. The molecule has 0 spiro atoms. The van der Waals surface area contributed by atoms with Crippen LogP contribution in [0.5, 0.6) is 0 Å². The molecule has 0 saturated heterocycles. The molecular formula is C13H11N3OS. The third-order valence-corrected chi connectivity index (χ3v) is 3.63. The second-order valence-electron chi connectivity index (χ2n) is 3.80. The molecule has 0 atom stereocenters. The average Bonchev–Trinajstić information content (AvgIpc) is 2.89. The molecule has 0 aliphatic heterocycles. The Hall–Kier alpha value is -1.85. The Balaban J connectivity index is 1.93. The highest BCUT2D eigenvalue weighted by molar-refractivity contribution is 7.99. The Morgan fingerprint density at radius 1 is 1.11 bits per heavy atom.